The van der Waals surface area contributed by atoms with Crippen molar-refractivity contribution < 1.29 is 13.2 Å². The van der Waals surface area contributed by atoms with Crippen molar-refractivity contribution in [2.75, 3.05) is 0 Å². The zero-order valence-corrected chi connectivity index (χ0v) is 10.2. The Morgan fingerprint density at radius 2 is 1.84 bits per heavy atom. The minimum Gasteiger partial charge on any atom is -0.256 e. The van der Waals surface area contributed by atoms with Crippen molar-refractivity contribution in [2.45, 2.75) is 6.18 Å². The summed E-state index contributed by atoms with van der Waals surface area (Å²) in [4.78, 5) is 12.0. The first-order chi connectivity index (χ1) is 9.04. The summed E-state index contributed by atoms with van der Waals surface area (Å²) in [5, 5.41) is 0. The molecule has 3 aromatic rings. The second-order valence-corrected chi connectivity index (χ2v) is 4.71. The summed E-state index contributed by atoms with van der Waals surface area (Å²) in [6, 6.07) is 4.17. The van der Waals surface area contributed by atoms with Crippen LogP contribution in [-0.4, -0.2) is 15.0 Å². The van der Waals surface area contributed by atoms with E-state index < -0.39 is 11.7 Å². The van der Waals surface area contributed by atoms with Crippen LogP contribution in [0.4, 0.5) is 13.2 Å². The van der Waals surface area contributed by atoms with Crippen LogP contribution in [0, 0.1) is 0 Å². The Hall–Kier alpha value is -2.02. The zero-order chi connectivity index (χ0) is 13.5. The predicted molar refractivity (Wildman–Crippen MR) is 65.6 cm³/mol. The Kier molecular flexibility index (Phi) is 2.70. The van der Waals surface area contributed by atoms with Gasteiger partial charge in [-0.1, -0.05) is 0 Å². The van der Waals surface area contributed by atoms with E-state index in [4.69, 9.17) is 0 Å². The van der Waals surface area contributed by atoms with Gasteiger partial charge in [-0.25, -0.2) is 9.97 Å². The first-order valence-electron chi connectivity index (χ1n) is 5.27. The molecular formula is C12H6F3N3S. The molecule has 0 atom stereocenters. The molecule has 0 amide bonds. The van der Waals surface area contributed by atoms with Crippen molar-refractivity contribution in [3.05, 3.63) is 41.7 Å². The molecule has 0 unspecified atom stereocenters. The number of pyridine rings is 2. The third-order valence-electron chi connectivity index (χ3n) is 2.57. The molecule has 3 rings (SSSR count). The summed E-state index contributed by atoms with van der Waals surface area (Å²) in [7, 11) is 0. The van der Waals surface area contributed by atoms with E-state index in [0.29, 0.717) is 16.9 Å². The molecule has 3 heterocycles. The fourth-order valence-electron chi connectivity index (χ4n) is 1.63. The number of alkyl halides is 3. The van der Waals surface area contributed by atoms with Gasteiger partial charge in [0.2, 0.25) is 0 Å². The molecule has 0 aliphatic rings. The van der Waals surface area contributed by atoms with Crippen LogP contribution in [0.1, 0.15) is 5.56 Å². The molecular weight excluding hydrogens is 275 g/mol. The third-order valence-corrected chi connectivity index (χ3v) is 3.34. The number of hydrogen-bond donors (Lipinski definition) is 0. The molecule has 0 bridgehead atoms. The minimum absolute atomic E-state index is 0.454. The van der Waals surface area contributed by atoms with Crippen LogP contribution < -0.4 is 0 Å². The number of halogens is 3. The smallest absolute Gasteiger partial charge is 0.256 e. The van der Waals surface area contributed by atoms with Crippen molar-refractivity contribution in [2.24, 2.45) is 0 Å². The molecule has 96 valence electrons. The lowest BCUT2D eigenvalue weighted by atomic mass is 10.1. The van der Waals surface area contributed by atoms with Gasteiger partial charge in [-0.05, 0) is 18.2 Å². The van der Waals surface area contributed by atoms with Gasteiger partial charge < -0.3 is 0 Å². The largest absolute Gasteiger partial charge is 0.417 e. The SMILES string of the molecule is FC(F)(F)c1ccc(-c2cnc3ncsc3c2)nc1. The highest BCUT2D eigenvalue weighted by atomic mass is 32.1. The molecule has 0 radical (unpaired) electrons. The molecule has 3 aromatic heterocycles. The first kappa shape index (κ1) is 12.0. The van der Waals surface area contributed by atoms with Crippen LogP contribution in [-0.2, 0) is 6.18 Å². The predicted octanol–water partition coefficient (Wildman–Crippen LogP) is 3.77. The van der Waals surface area contributed by atoms with Gasteiger partial charge in [0.05, 0.1) is 21.5 Å². The first-order valence-corrected chi connectivity index (χ1v) is 6.15. The molecule has 0 saturated heterocycles. The van der Waals surface area contributed by atoms with E-state index >= 15 is 0 Å². The lowest BCUT2D eigenvalue weighted by molar-refractivity contribution is -0.137. The zero-order valence-electron chi connectivity index (χ0n) is 9.35. The summed E-state index contributed by atoms with van der Waals surface area (Å²) in [6.07, 6.45) is -1.99. The van der Waals surface area contributed by atoms with Crippen molar-refractivity contribution in [1.29, 1.82) is 0 Å². The van der Waals surface area contributed by atoms with Crippen LogP contribution in [0.2, 0.25) is 0 Å². The quantitative estimate of drug-likeness (QED) is 0.681. The van der Waals surface area contributed by atoms with E-state index in [1.54, 1.807) is 11.7 Å². The van der Waals surface area contributed by atoms with Gasteiger partial charge in [-0.2, -0.15) is 13.2 Å². The van der Waals surface area contributed by atoms with Gasteiger partial charge in [-0.15, -0.1) is 11.3 Å². The molecule has 3 nitrogen and oxygen atoms in total. The molecule has 0 fully saturated rings. The van der Waals surface area contributed by atoms with E-state index in [9.17, 15) is 13.2 Å². The highest BCUT2D eigenvalue weighted by Gasteiger charge is 2.30. The molecule has 0 spiro atoms. The van der Waals surface area contributed by atoms with Crippen LogP contribution >= 0.6 is 11.3 Å². The van der Waals surface area contributed by atoms with E-state index in [2.05, 4.69) is 15.0 Å². The Morgan fingerprint density at radius 3 is 2.53 bits per heavy atom. The molecule has 0 aliphatic carbocycles. The van der Waals surface area contributed by atoms with E-state index in [1.165, 1.54) is 17.4 Å². The van der Waals surface area contributed by atoms with Crippen molar-refractivity contribution in [1.82, 2.24) is 15.0 Å². The molecule has 0 aliphatic heterocycles. The van der Waals surface area contributed by atoms with Gasteiger partial charge in [0.1, 0.15) is 0 Å². The van der Waals surface area contributed by atoms with Gasteiger partial charge >= 0.3 is 6.18 Å². The lowest BCUT2D eigenvalue weighted by Crippen LogP contribution is -2.05. The number of aromatic nitrogens is 3. The van der Waals surface area contributed by atoms with Crippen molar-refractivity contribution in [3.8, 4) is 11.3 Å². The topological polar surface area (TPSA) is 38.7 Å². The number of hydrogen-bond acceptors (Lipinski definition) is 4. The average molecular weight is 281 g/mol. The highest BCUT2D eigenvalue weighted by molar-refractivity contribution is 7.16. The van der Waals surface area contributed by atoms with Gasteiger partial charge in [0.15, 0.2) is 5.65 Å². The Balaban J connectivity index is 2.01. The maximum atomic E-state index is 12.4. The summed E-state index contributed by atoms with van der Waals surface area (Å²) < 4.78 is 38.2. The summed E-state index contributed by atoms with van der Waals surface area (Å²) in [5.41, 5.74) is 2.66. The van der Waals surface area contributed by atoms with Gasteiger partial charge in [-0.3, -0.25) is 4.98 Å². The van der Waals surface area contributed by atoms with Crippen LogP contribution in [0.5, 0.6) is 0 Å². The van der Waals surface area contributed by atoms with Crippen LogP contribution in [0.15, 0.2) is 36.1 Å². The van der Waals surface area contributed by atoms with Crippen molar-refractivity contribution in [3.63, 3.8) is 0 Å². The summed E-state index contributed by atoms with van der Waals surface area (Å²) >= 11 is 1.42. The molecule has 0 aromatic carbocycles. The second-order valence-electron chi connectivity index (χ2n) is 3.83. The fraction of sp³-hybridized carbons (Fsp3) is 0.0833. The third kappa shape index (κ3) is 2.28. The Labute approximate surface area is 109 Å². The maximum Gasteiger partial charge on any atom is 0.417 e. The fourth-order valence-corrected chi connectivity index (χ4v) is 2.30. The number of nitrogens with zero attached hydrogens (tertiary/aromatic N) is 3. The molecule has 19 heavy (non-hydrogen) atoms. The molecule has 7 heteroatoms. The Morgan fingerprint density at radius 1 is 1.00 bits per heavy atom. The number of fused-ring (bicyclic) bond motifs is 1. The molecule has 0 N–H and O–H groups in total. The highest BCUT2D eigenvalue weighted by Crippen LogP contribution is 2.30. The summed E-state index contributed by atoms with van der Waals surface area (Å²) in [6.45, 7) is 0. The van der Waals surface area contributed by atoms with Gasteiger partial charge in [0.25, 0.3) is 0 Å². The Bertz CT molecular complexity index is 719. The van der Waals surface area contributed by atoms with Crippen LogP contribution in [0.25, 0.3) is 21.6 Å². The standard InChI is InChI=1S/C12H6F3N3S/c13-12(14,15)8-1-2-9(16-5-8)7-3-10-11(17-4-7)18-6-19-10/h1-6H. The van der Waals surface area contributed by atoms with E-state index in [1.807, 2.05) is 6.07 Å². The number of thiazole rings is 1. The van der Waals surface area contributed by atoms with E-state index in [-0.39, 0.29) is 0 Å². The lowest BCUT2D eigenvalue weighted by Gasteiger charge is -2.06. The number of rotatable bonds is 1. The normalized spacial score (nSPS) is 11.9. The minimum atomic E-state index is -4.37. The maximum absolute atomic E-state index is 12.4. The monoisotopic (exact) mass is 281 g/mol. The van der Waals surface area contributed by atoms with E-state index in [0.717, 1.165) is 17.0 Å². The second kappa shape index (κ2) is 4.27. The summed E-state index contributed by atoms with van der Waals surface area (Å²) in [5.74, 6) is 0. The van der Waals surface area contributed by atoms with Crippen molar-refractivity contribution >= 4 is 21.7 Å². The average Bonchev–Trinajstić information content (AvgIpc) is 2.85. The van der Waals surface area contributed by atoms with Gasteiger partial charge in [0, 0.05) is 18.0 Å². The van der Waals surface area contributed by atoms with Crippen LogP contribution in [0.3, 0.4) is 0 Å². The molecule has 0 saturated carbocycles.